The van der Waals surface area contributed by atoms with Gasteiger partial charge >= 0.3 is 0 Å². The number of carbonyl (C=O) groups is 1. The number of fused-ring (bicyclic) bond motifs is 1. The van der Waals surface area contributed by atoms with E-state index in [1.807, 2.05) is 55.5 Å². The molecule has 0 bridgehead atoms. The number of hydrogen-bond acceptors (Lipinski definition) is 5. The molecule has 0 saturated carbocycles. The minimum absolute atomic E-state index is 0.204. The first kappa shape index (κ1) is 21.0. The Kier molecular flexibility index (Phi) is 6.06. The number of aromatic nitrogens is 3. The molecule has 7 nitrogen and oxygen atoms in total. The van der Waals surface area contributed by atoms with E-state index in [9.17, 15) is 10.1 Å². The molecule has 0 aliphatic rings. The van der Waals surface area contributed by atoms with E-state index in [-0.39, 0.29) is 5.91 Å². The molecular formula is C25H22N6O. The molecule has 1 amide bonds. The molecule has 0 aliphatic heterocycles. The Bertz CT molecular complexity index is 1350. The molecule has 0 spiro atoms. The quantitative estimate of drug-likeness (QED) is 0.454. The average Bonchev–Trinajstić information content (AvgIpc) is 3.22. The molecule has 3 aromatic heterocycles. The largest absolute Gasteiger partial charge is 0.346 e. The van der Waals surface area contributed by atoms with Crippen molar-refractivity contribution in [3.05, 3.63) is 78.9 Å². The van der Waals surface area contributed by atoms with Crippen molar-refractivity contribution in [2.45, 2.75) is 0 Å². The van der Waals surface area contributed by atoms with Gasteiger partial charge in [0.2, 0.25) is 5.91 Å². The van der Waals surface area contributed by atoms with E-state index >= 15 is 0 Å². The lowest BCUT2D eigenvalue weighted by atomic mass is 10.0. The van der Waals surface area contributed by atoms with Crippen molar-refractivity contribution in [3.8, 4) is 28.3 Å². The maximum absolute atomic E-state index is 12.2. The number of nitrogens with zero attached hydrogens (tertiary/aromatic N) is 4. The van der Waals surface area contributed by atoms with Gasteiger partial charge in [-0.05, 0) is 43.9 Å². The van der Waals surface area contributed by atoms with E-state index in [4.69, 9.17) is 0 Å². The van der Waals surface area contributed by atoms with Gasteiger partial charge in [-0.25, -0.2) is 4.98 Å². The highest BCUT2D eigenvalue weighted by atomic mass is 16.1. The predicted molar refractivity (Wildman–Crippen MR) is 126 cm³/mol. The van der Waals surface area contributed by atoms with Gasteiger partial charge in [-0.1, -0.05) is 18.2 Å². The third-order valence-electron chi connectivity index (χ3n) is 4.91. The fourth-order valence-corrected chi connectivity index (χ4v) is 3.38. The van der Waals surface area contributed by atoms with E-state index in [1.54, 1.807) is 30.7 Å². The van der Waals surface area contributed by atoms with Crippen molar-refractivity contribution in [1.29, 1.82) is 5.26 Å². The number of benzene rings is 1. The lowest BCUT2D eigenvalue weighted by Crippen LogP contribution is -2.13. The van der Waals surface area contributed by atoms with Gasteiger partial charge in [0.15, 0.2) is 0 Å². The van der Waals surface area contributed by atoms with E-state index in [1.165, 1.54) is 6.08 Å². The standard InChI is InChI=1S/C25H22N6O/c1-31(2)8-4-7-24(32)30-21-10-19(13-27-15-21)20-11-22-23(16-29-25(22)28-14-20)18-6-3-5-17(9-18)12-26/h3-7,9-11,13-16H,8H2,1-2H3,(H,28,29)(H,30,32)/b7-4+. The number of anilines is 1. The number of pyridine rings is 2. The molecule has 0 saturated heterocycles. The molecule has 7 heteroatoms. The lowest BCUT2D eigenvalue weighted by molar-refractivity contribution is -0.111. The van der Waals surface area contributed by atoms with Crippen LogP contribution in [0.4, 0.5) is 5.69 Å². The minimum Gasteiger partial charge on any atom is -0.346 e. The lowest BCUT2D eigenvalue weighted by Gasteiger charge is -2.07. The number of H-pyrrole nitrogens is 1. The van der Waals surface area contributed by atoms with Crippen LogP contribution in [0.3, 0.4) is 0 Å². The topological polar surface area (TPSA) is 97.7 Å². The van der Waals surface area contributed by atoms with Crippen LogP contribution in [0.25, 0.3) is 33.3 Å². The van der Waals surface area contributed by atoms with Gasteiger partial charge in [0.05, 0.1) is 23.5 Å². The van der Waals surface area contributed by atoms with Crippen LogP contribution < -0.4 is 5.32 Å². The number of aromatic amines is 1. The molecule has 4 aromatic rings. The fraction of sp³-hybridized carbons (Fsp3) is 0.120. The van der Waals surface area contributed by atoms with Gasteiger partial charge < -0.3 is 15.2 Å². The molecule has 0 fully saturated rings. The van der Waals surface area contributed by atoms with Crippen molar-refractivity contribution in [2.24, 2.45) is 0 Å². The maximum Gasteiger partial charge on any atom is 0.248 e. The van der Waals surface area contributed by atoms with Crippen LogP contribution in [-0.2, 0) is 4.79 Å². The molecule has 1 aromatic carbocycles. The third-order valence-corrected chi connectivity index (χ3v) is 4.91. The Morgan fingerprint density at radius 2 is 2.00 bits per heavy atom. The van der Waals surface area contributed by atoms with Gasteiger partial charge in [-0.2, -0.15) is 5.26 Å². The molecular weight excluding hydrogens is 400 g/mol. The van der Waals surface area contributed by atoms with Crippen molar-refractivity contribution in [2.75, 3.05) is 26.0 Å². The van der Waals surface area contributed by atoms with Crippen LogP contribution in [0, 0.1) is 11.3 Å². The summed E-state index contributed by atoms with van der Waals surface area (Å²) in [4.78, 5) is 26.1. The summed E-state index contributed by atoms with van der Waals surface area (Å²) in [6.45, 7) is 0.688. The van der Waals surface area contributed by atoms with E-state index in [0.29, 0.717) is 17.8 Å². The summed E-state index contributed by atoms with van der Waals surface area (Å²) in [6.07, 6.45) is 10.3. The van der Waals surface area contributed by atoms with Crippen LogP contribution in [0.1, 0.15) is 5.56 Å². The number of nitrogens with one attached hydrogen (secondary N) is 2. The zero-order valence-corrected chi connectivity index (χ0v) is 17.8. The molecule has 0 radical (unpaired) electrons. The smallest absolute Gasteiger partial charge is 0.248 e. The first-order valence-corrected chi connectivity index (χ1v) is 10.1. The SMILES string of the molecule is CN(C)C/C=C/C(=O)Nc1cncc(-c2cnc3[nH]cc(-c4cccc(C#N)c4)c3c2)c1. The second kappa shape index (κ2) is 9.25. The summed E-state index contributed by atoms with van der Waals surface area (Å²) < 4.78 is 0. The molecule has 3 heterocycles. The van der Waals surface area contributed by atoms with Crippen LogP contribution in [0.5, 0.6) is 0 Å². The second-order valence-electron chi connectivity index (χ2n) is 7.63. The van der Waals surface area contributed by atoms with Crippen molar-refractivity contribution in [1.82, 2.24) is 19.9 Å². The Morgan fingerprint density at radius 1 is 1.16 bits per heavy atom. The minimum atomic E-state index is -0.204. The molecule has 32 heavy (non-hydrogen) atoms. The highest BCUT2D eigenvalue weighted by Crippen LogP contribution is 2.31. The fourth-order valence-electron chi connectivity index (χ4n) is 3.38. The summed E-state index contributed by atoms with van der Waals surface area (Å²) in [7, 11) is 3.88. The maximum atomic E-state index is 12.2. The first-order valence-electron chi connectivity index (χ1n) is 10.1. The number of amides is 1. The zero-order chi connectivity index (χ0) is 22.5. The highest BCUT2D eigenvalue weighted by Gasteiger charge is 2.10. The summed E-state index contributed by atoms with van der Waals surface area (Å²) in [5.41, 5.74) is 5.60. The molecule has 4 rings (SSSR count). The van der Waals surface area contributed by atoms with Crippen LogP contribution in [-0.4, -0.2) is 46.4 Å². The number of likely N-dealkylation sites (N-methyl/N-ethyl adjacent to an activating group) is 1. The number of hydrogen-bond donors (Lipinski definition) is 2. The Morgan fingerprint density at radius 3 is 2.81 bits per heavy atom. The van der Waals surface area contributed by atoms with Gasteiger partial charge in [-0.3, -0.25) is 9.78 Å². The molecule has 0 aliphatic carbocycles. The van der Waals surface area contributed by atoms with Crippen molar-refractivity contribution in [3.63, 3.8) is 0 Å². The number of carbonyl (C=O) groups excluding carboxylic acids is 1. The van der Waals surface area contributed by atoms with Crippen LogP contribution in [0.15, 0.2) is 73.3 Å². The number of rotatable bonds is 6. The van der Waals surface area contributed by atoms with Crippen molar-refractivity contribution < 1.29 is 4.79 Å². The average molecular weight is 422 g/mol. The summed E-state index contributed by atoms with van der Waals surface area (Å²) in [5, 5.41) is 13.0. The Labute approximate surface area is 186 Å². The summed E-state index contributed by atoms with van der Waals surface area (Å²) >= 11 is 0. The van der Waals surface area contributed by atoms with Crippen molar-refractivity contribution >= 4 is 22.6 Å². The van der Waals surface area contributed by atoms with E-state index in [2.05, 4.69) is 26.3 Å². The molecule has 2 N–H and O–H groups in total. The predicted octanol–water partition coefficient (Wildman–Crippen LogP) is 4.22. The van der Waals surface area contributed by atoms with Gasteiger partial charge in [0.25, 0.3) is 0 Å². The zero-order valence-electron chi connectivity index (χ0n) is 17.8. The van der Waals surface area contributed by atoms with Gasteiger partial charge in [0, 0.05) is 53.3 Å². The molecule has 0 unspecified atom stereocenters. The number of nitriles is 1. The first-order chi connectivity index (χ1) is 15.5. The Hall–Kier alpha value is -4.28. The summed E-state index contributed by atoms with van der Waals surface area (Å²) in [5.74, 6) is -0.204. The van der Waals surface area contributed by atoms with E-state index < -0.39 is 0 Å². The third kappa shape index (κ3) is 4.72. The molecule has 0 atom stereocenters. The van der Waals surface area contributed by atoms with Crippen LogP contribution >= 0.6 is 0 Å². The monoisotopic (exact) mass is 422 g/mol. The Balaban J connectivity index is 1.63. The summed E-state index contributed by atoms with van der Waals surface area (Å²) in [6, 6.07) is 13.6. The normalized spacial score (nSPS) is 11.2. The second-order valence-corrected chi connectivity index (χ2v) is 7.63. The van der Waals surface area contributed by atoms with Crippen LogP contribution in [0.2, 0.25) is 0 Å². The highest BCUT2D eigenvalue weighted by molar-refractivity contribution is 6.00. The molecule has 158 valence electrons. The van der Waals surface area contributed by atoms with Gasteiger partial charge in [-0.15, -0.1) is 0 Å². The van der Waals surface area contributed by atoms with Gasteiger partial charge in [0.1, 0.15) is 5.65 Å². The van der Waals surface area contributed by atoms with E-state index in [0.717, 1.165) is 33.3 Å².